The minimum atomic E-state index is -0.181. The average Bonchev–Trinajstić information content (AvgIpc) is 3.05. The topological polar surface area (TPSA) is 39.9 Å². The number of ether oxygens (including phenoxy) is 1. The van der Waals surface area contributed by atoms with Crippen LogP contribution in [-0.2, 0) is 12.3 Å². The van der Waals surface area contributed by atoms with Crippen molar-refractivity contribution in [2.24, 2.45) is 0 Å². The molecular formula is C21H24ClN3OS. The van der Waals surface area contributed by atoms with Gasteiger partial charge in [0, 0.05) is 17.3 Å². The van der Waals surface area contributed by atoms with E-state index in [0.717, 1.165) is 39.6 Å². The minimum absolute atomic E-state index is 0.181. The molecule has 27 heavy (non-hydrogen) atoms. The third-order valence-electron chi connectivity index (χ3n) is 4.32. The lowest BCUT2D eigenvalue weighted by Gasteiger charge is -2.17. The molecule has 0 N–H and O–H groups in total. The predicted molar refractivity (Wildman–Crippen MR) is 112 cm³/mol. The lowest BCUT2D eigenvalue weighted by atomic mass is 10.1. The second kappa shape index (κ2) is 8.81. The molecule has 0 saturated carbocycles. The highest BCUT2D eigenvalue weighted by Gasteiger charge is 2.19. The van der Waals surface area contributed by atoms with Gasteiger partial charge in [-0.05, 0) is 57.0 Å². The maximum absolute atomic E-state index is 6.17. The Morgan fingerprint density at radius 2 is 1.96 bits per heavy atom. The SMILES string of the molecule is CCn1c(SCc2cccc(Cl)c2)nnc1C(C)Oc1ccc(C)cc1C. The summed E-state index contributed by atoms with van der Waals surface area (Å²) in [6.45, 7) is 9.05. The Bertz CT molecular complexity index is 926. The van der Waals surface area contributed by atoms with Gasteiger partial charge in [0.25, 0.3) is 0 Å². The van der Waals surface area contributed by atoms with Crippen molar-refractivity contribution in [3.63, 3.8) is 0 Å². The van der Waals surface area contributed by atoms with Gasteiger partial charge in [0.2, 0.25) is 0 Å². The van der Waals surface area contributed by atoms with Crippen LogP contribution in [0.3, 0.4) is 0 Å². The molecule has 2 aromatic carbocycles. The highest BCUT2D eigenvalue weighted by molar-refractivity contribution is 7.98. The molecule has 1 aromatic heterocycles. The van der Waals surface area contributed by atoms with E-state index < -0.39 is 0 Å². The fraction of sp³-hybridized carbons (Fsp3) is 0.333. The molecule has 0 saturated heterocycles. The van der Waals surface area contributed by atoms with Crippen molar-refractivity contribution in [2.45, 2.75) is 51.3 Å². The van der Waals surface area contributed by atoms with Gasteiger partial charge in [0.05, 0.1) is 0 Å². The quantitative estimate of drug-likeness (QED) is 0.455. The summed E-state index contributed by atoms with van der Waals surface area (Å²) in [5.74, 6) is 2.52. The molecule has 3 rings (SSSR count). The van der Waals surface area contributed by atoms with Crippen LogP contribution in [0, 0.1) is 13.8 Å². The third kappa shape index (κ3) is 4.85. The molecule has 3 aromatic rings. The number of thioether (sulfide) groups is 1. The molecule has 0 fully saturated rings. The van der Waals surface area contributed by atoms with Crippen LogP contribution < -0.4 is 4.74 Å². The molecule has 6 heteroatoms. The summed E-state index contributed by atoms with van der Waals surface area (Å²) in [6, 6.07) is 14.1. The molecule has 142 valence electrons. The summed E-state index contributed by atoms with van der Waals surface area (Å²) in [7, 11) is 0. The van der Waals surface area contributed by atoms with Crippen molar-refractivity contribution in [3.8, 4) is 5.75 Å². The number of hydrogen-bond donors (Lipinski definition) is 0. The predicted octanol–water partition coefficient (Wildman–Crippen LogP) is 6.00. The van der Waals surface area contributed by atoms with E-state index in [2.05, 4.69) is 53.7 Å². The van der Waals surface area contributed by atoms with Crippen molar-refractivity contribution >= 4 is 23.4 Å². The number of rotatable bonds is 7. The molecule has 1 atom stereocenters. The largest absolute Gasteiger partial charge is 0.482 e. The molecule has 0 aliphatic carbocycles. The van der Waals surface area contributed by atoms with Crippen molar-refractivity contribution in [3.05, 3.63) is 70.0 Å². The highest BCUT2D eigenvalue weighted by atomic mass is 35.5. The van der Waals surface area contributed by atoms with Gasteiger partial charge in [-0.15, -0.1) is 10.2 Å². The first kappa shape index (κ1) is 19.8. The fourth-order valence-electron chi connectivity index (χ4n) is 2.95. The van der Waals surface area contributed by atoms with Crippen molar-refractivity contribution in [1.29, 1.82) is 0 Å². The molecule has 0 aliphatic rings. The van der Waals surface area contributed by atoms with Crippen LogP contribution >= 0.6 is 23.4 Å². The Kier molecular flexibility index (Phi) is 6.45. The van der Waals surface area contributed by atoms with E-state index in [1.807, 2.05) is 31.2 Å². The molecule has 0 radical (unpaired) electrons. The third-order valence-corrected chi connectivity index (χ3v) is 5.59. The molecule has 0 amide bonds. The summed E-state index contributed by atoms with van der Waals surface area (Å²) in [5.41, 5.74) is 3.52. The number of nitrogens with zero attached hydrogens (tertiary/aromatic N) is 3. The van der Waals surface area contributed by atoms with Crippen LogP contribution in [0.2, 0.25) is 5.02 Å². The second-order valence-corrected chi connectivity index (χ2v) is 7.91. The van der Waals surface area contributed by atoms with Crippen LogP contribution in [0.25, 0.3) is 0 Å². The molecule has 4 nitrogen and oxygen atoms in total. The average molecular weight is 402 g/mol. The molecule has 0 bridgehead atoms. The van der Waals surface area contributed by atoms with E-state index >= 15 is 0 Å². The van der Waals surface area contributed by atoms with Gasteiger partial charge < -0.3 is 9.30 Å². The molecule has 1 unspecified atom stereocenters. The molecule has 0 spiro atoms. The van der Waals surface area contributed by atoms with Crippen LogP contribution in [0.15, 0.2) is 47.6 Å². The van der Waals surface area contributed by atoms with Crippen LogP contribution in [0.5, 0.6) is 5.75 Å². The van der Waals surface area contributed by atoms with E-state index in [4.69, 9.17) is 16.3 Å². The standard InChI is InChI=1S/C21H24ClN3OS/c1-5-25-20(16(4)26-19-10-9-14(2)11-15(19)3)23-24-21(25)27-13-17-7-6-8-18(22)12-17/h6-12,16H,5,13H2,1-4H3. The first-order valence-electron chi connectivity index (χ1n) is 9.02. The Morgan fingerprint density at radius 1 is 1.15 bits per heavy atom. The summed E-state index contributed by atoms with van der Waals surface area (Å²) in [4.78, 5) is 0. The zero-order valence-corrected chi connectivity index (χ0v) is 17.6. The van der Waals surface area contributed by atoms with Gasteiger partial charge in [-0.25, -0.2) is 0 Å². The zero-order chi connectivity index (χ0) is 19.4. The van der Waals surface area contributed by atoms with E-state index in [1.165, 1.54) is 11.1 Å². The van der Waals surface area contributed by atoms with Gasteiger partial charge >= 0.3 is 0 Å². The van der Waals surface area contributed by atoms with Gasteiger partial charge in [-0.3, -0.25) is 0 Å². The lowest BCUT2D eigenvalue weighted by molar-refractivity contribution is 0.208. The van der Waals surface area contributed by atoms with Gasteiger partial charge in [-0.1, -0.05) is 53.2 Å². The van der Waals surface area contributed by atoms with Crippen molar-refractivity contribution < 1.29 is 4.74 Å². The van der Waals surface area contributed by atoms with Gasteiger partial charge in [0.1, 0.15) is 5.75 Å². The monoisotopic (exact) mass is 401 g/mol. The second-order valence-electron chi connectivity index (χ2n) is 6.53. The number of aromatic nitrogens is 3. The van der Waals surface area contributed by atoms with Crippen LogP contribution in [-0.4, -0.2) is 14.8 Å². The highest BCUT2D eigenvalue weighted by Crippen LogP contribution is 2.28. The number of aryl methyl sites for hydroxylation is 2. The van der Waals surface area contributed by atoms with Crippen molar-refractivity contribution in [1.82, 2.24) is 14.8 Å². The summed E-state index contributed by atoms with van der Waals surface area (Å²) in [6.07, 6.45) is -0.181. The first-order chi connectivity index (χ1) is 13.0. The van der Waals surface area contributed by atoms with Crippen LogP contribution in [0.4, 0.5) is 0 Å². The summed E-state index contributed by atoms with van der Waals surface area (Å²) < 4.78 is 8.28. The smallest absolute Gasteiger partial charge is 0.191 e. The van der Waals surface area contributed by atoms with Crippen molar-refractivity contribution in [2.75, 3.05) is 0 Å². The summed E-state index contributed by atoms with van der Waals surface area (Å²) in [5, 5.41) is 10.4. The fourth-order valence-corrected chi connectivity index (χ4v) is 4.12. The number of hydrogen-bond acceptors (Lipinski definition) is 4. The Morgan fingerprint density at radius 3 is 2.67 bits per heavy atom. The Hall–Kier alpha value is -1.98. The molecule has 0 aliphatic heterocycles. The number of benzene rings is 2. The minimum Gasteiger partial charge on any atom is -0.482 e. The maximum atomic E-state index is 6.17. The number of halogens is 1. The van der Waals surface area contributed by atoms with E-state index in [-0.39, 0.29) is 6.10 Å². The van der Waals surface area contributed by atoms with E-state index in [0.29, 0.717) is 0 Å². The molecule has 1 heterocycles. The van der Waals surface area contributed by atoms with E-state index in [1.54, 1.807) is 11.8 Å². The normalized spacial score (nSPS) is 12.2. The van der Waals surface area contributed by atoms with Gasteiger partial charge in [0.15, 0.2) is 17.1 Å². The Balaban J connectivity index is 1.74. The van der Waals surface area contributed by atoms with E-state index in [9.17, 15) is 0 Å². The first-order valence-corrected chi connectivity index (χ1v) is 10.4. The maximum Gasteiger partial charge on any atom is 0.191 e. The Labute approximate surface area is 169 Å². The van der Waals surface area contributed by atoms with Crippen LogP contribution in [0.1, 0.15) is 42.5 Å². The lowest BCUT2D eigenvalue weighted by Crippen LogP contribution is -2.12. The summed E-state index contributed by atoms with van der Waals surface area (Å²) >= 11 is 7.73. The zero-order valence-electron chi connectivity index (χ0n) is 16.1. The molecular weight excluding hydrogens is 378 g/mol. The van der Waals surface area contributed by atoms with Gasteiger partial charge in [-0.2, -0.15) is 0 Å².